The molecular weight excluding hydrogens is 383 g/mol. The third-order valence-corrected chi connectivity index (χ3v) is 3.33. The molecule has 0 aromatic heterocycles. The van der Waals surface area contributed by atoms with Crippen molar-refractivity contribution in [2.75, 3.05) is 17.7 Å². The molecule has 3 N–H and O–H groups in total. The van der Waals surface area contributed by atoms with Crippen LogP contribution in [0.3, 0.4) is 0 Å². The highest BCUT2D eigenvalue weighted by atomic mass is 127. The first-order valence-corrected chi connectivity index (χ1v) is 7.20. The lowest BCUT2D eigenvalue weighted by Gasteiger charge is -2.07. The molecule has 0 unspecified atom stereocenters. The fourth-order valence-corrected chi connectivity index (χ4v) is 1.92. The molecule has 0 aliphatic rings. The highest BCUT2D eigenvalue weighted by molar-refractivity contribution is 14.1. The summed E-state index contributed by atoms with van der Waals surface area (Å²) in [5.74, 6) is -0.951. The highest BCUT2D eigenvalue weighted by Gasteiger charge is 2.10. The molecule has 0 aliphatic heterocycles. The molecule has 0 saturated carbocycles. The summed E-state index contributed by atoms with van der Waals surface area (Å²) in [7, 11) is 0. The van der Waals surface area contributed by atoms with Crippen molar-refractivity contribution in [1.29, 1.82) is 0 Å². The van der Waals surface area contributed by atoms with Crippen LogP contribution in [0.1, 0.15) is 10.4 Å². The third kappa shape index (κ3) is 4.75. The smallest absolute Gasteiger partial charge is 0.338 e. The molecule has 0 atom stereocenters. The van der Waals surface area contributed by atoms with Gasteiger partial charge >= 0.3 is 5.97 Å². The molecule has 0 heterocycles. The quantitative estimate of drug-likeness (QED) is 0.473. The summed E-state index contributed by atoms with van der Waals surface area (Å²) in [6.45, 7) is -0.338. The molecular formula is C15H13IN2O3. The van der Waals surface area contributed by atoms with Gasteiger partial charge in [0.15, 0.2) is 6.61 Å². The average molecular weight is 396 g/mol. The molecule has 0 spiro atoms. The van der Waals surface area contributed by atoms with E-state index in [1.807, 2.05) is 12.1 Å². The van der Waals surface area contributed by atoms with E-state index in [1.54, 1.807) is 36.4 Å². The monoisotopic (exact) mass is 396 g/mol. The Balaban J connectivity index is 1.84. The van der Waals surface area contributed by atoms with E-state index < -0.39 is 5.97 Å². The van der Waals surface area contributed by atoms with Crippen LogP contribution in [0.25, 0.3) is 0 Å². The number of amides is 1. The normalized spacial score (nSPS) is 9.95. The maximum absolute atomic E-state index is 11.7. The Labute approximate surface area is 135 Å². The molecule has 0 fully saturated rings. The zero-order valence-corrected chi connectivity index (χ0v) is 13.2. The molecule has 6 heteroatoms. The zero-order chi connectivity index (χ0) is 15.2. The Bertz CT molecular complexity index is 639. The lowest BCUT2D eigenvalue weighted by molar-refractivity contribution is -0.119. The first kappa shape index (κ1) is 15.3. The number of rotatable bonds is 4. The number of hydrogen-bond acceptors (Lipinski definition) is 4. The first-order valence-electron chi connectivity index (χ1n) is 6.12. The number of carbonyl (C=O) groups excluding carboxylic acids is 2. The molecule has 2 aromatic rings. The molecule has 108 valence electrons. The minimum atomic E-state index is -0.562. The Morgan fingerprint density at radius 1 is 1.05 bits per heavy atom. The predicted molar refractivity (Wildman–Crippen MR) is 88.9 cm³/mol. The number of anilines is 2. The molecule has 0 aliphatic carbocycles. The number of ether oxygens (including phenoxy) is 1. The third-order valence-electron chi connectivity index (χ3n) is 2.61. The SMILES string of the molecule is Nc1ccc(C(=O)OCC(=O)Nc2ccc(I)cc2)cc1. The highest BCUT2D eigenvalue weighted by Crippen LogP contribution is 2.11. The van der Waals surface area contributed by atoms with Gasteiger partial charge in [0.25, 0.3) is 5.91 Å². The van der Waals surface area contributed by atoms with Crippen LogP contribution in [0.2, 0.25) is 0 Å². The number of benzene rings is 2. The number of carbonyl (C=O) groups is 2. The Morgan fingerprint density at radius 3 is 2.29 bits per heavy atom. The Kier molecular flexibility index (Phi) is 5.15. The van der Waals surface area contributed by atoms with Gasteiger partial charge in [-0.2, -0.15) is 0 Å². The fraction of sp³-hybridized carbons (Fsp3) is 0.0667. The molecule has 5 nitrogen and oxygen atoms in total. The number of halogens is 1. The summed E-state index contributed by atoms with van der Waals surface area (Å²) in [5.41, 5.74) is 7.10. The first-order chi connectivity index (χ1) is 10.0. The van der Waals surface area contributed by atoms with E-state index in [-0.39, 0.29) is 12.5 Å². The molecule has 0 saturated heterocycles. The minimum absolute atomic E-state index is 0.338. The molecule has 21 heavy (non-hydrogen) atoms. The fourth-order valence-electron chi connectivity index (χ4n) is 1.56. The largest absolute Gasteiger partial charge is 0.452 e. The standard InChI is InChI=1S/C15H13IN2O3/c16-11-3-7-13(8-4-11)18-14(19)9-21-15(20)10-1-5-12(17)6-2-10/h1-8H,9,17H2,(H,18,19). The van der Waals surface area contributed by atoms with Crippen molar-refractivity contribution in [1.82, 2.24) is 0 Å². The van der Waals surface area contributed by atoms with Gasteiger partial charge in [-0.3, -0.25) is 4.79 Å². The van der Waals surface area contributed by atoms with Crippen LogP contribution in [0, 0.1) is 3.57 Å². The van der Waals surface area contributed by atoms with Crippen LogP contribution in [-0.4, -0.2) is 18.5 Å². The van der Waals surface area contributed by atoms with Crippen LogP contribution < -0.4 is 11.1 Å². The van der Waals surface area contributed by atoms with Gasteiger partial charge in [0.05, 0.1) is 5.56 Å². The van der Waals surface area contributed by atoms with Crippen LogP contribution in [0.5, 0.6) is 0 Å². The topological polar surface area (TPSA) is 81.4 Å². The van der Waals surface area contributed by atoms with E-state index >= 15 is 0 Å². The van der Waals surface area contributed by atoms with E-state index in [4.69, 9.17) is 10.5 Å². The van der Waals surface area contributed by atoms with Gasteiger partial charge < -0.3 is 15.8 Å². The molecule has 0 bridgehead atoms. The summed E-state index contributed by atoms with van der Waals surface area (Å²) >= 11 is 2.17. The van der Waals surface area contributed by atoms with E-state index in [0.29, 0.717) is 16.9 Å². The lowest BCUT2D eigenvalue weighted by Crippen LogP contribution is -2.20. The van der Waals surface area contributed by atoms with Crippen molar-refractivity contribution in [3.8, 4) is 0 Å². The summed E-state index contributed by atoms with van der Waals surface area (Å²) in [4.78, 5) is 23.4. The van der Waals surface area contributed by atoms with Crippen molar-refractivity contribution >= 4 is 45.8 Å². The van der Waals surface area contributed by atoms with Gasteiger partial charge in [-0.15, -0.1) is 0 Å². The van der Waals surface area contributed by atoms with E-state index in [1.165, 1.54) is 0 Å². The summed E-state index contributed by atoms with van der Waals surface area (Å²) in [6.07, 6.45) is 0. The van der Waals surface area contributed by atoms with Crippen LogP contribution in [0.15, 0.2) is 48.5 Å². The molecule has 2 aromatic carbocycles. The lowest BCUT2D eigenvalue weighted by atomic mass is 10.2. The Morgan fingerprint density at radius 2 is 1.67 bits per heavy atom. The second-order valence-corrected chi connectivity index (χ2v) is 5.50. The summed E-state index contributed by atoms with van der Waals surface area (Å²) in [5, 5.41) is 2.65. The molecule has 0 radical (unpaired) electrons. The van der Waals surface area contributed by atoms with E-state index in [0.717, 1.165) is 3.57 Å². The minimum Gasteiger partial charge on any atom is -0.452 e. The average Bonchev–Trinajstić information content (AvgIpc) is 2.48. The van der Waals surface area contributed by atoms with Gasteiger partial charge in [0, 0.05) is 14.9 Å². The number of nitrogen functional groups attached to an aromatic ring is 1. The second kappa shape index (κ2) is 7.07. The predicted octanol–water partition coefficient (Wildman–Crippen LogP) is 2.67. The van der Waals surface area contributed by atoms with Crippen molar-refractivity contribution < 1.29 is 14.3 Å². The van der Waals surface area contributed by atoms with Crippen LogP contribution >= 0.6 is 22.6 Å². The maximum atomic E-state index is 11.7. The van der Waals surface area contributed by atoms with Gasteiger partial charge in [-0.1, -0.05) is 0 Å². The molecule has 1 amide bonds. The number of nitrogens with one attached hydrogen (secondary N) is 1. The van der Waals surface area contributed by atoms with Gasteiger partial charge in [0.1, 0.15) is 0 Å². The Hall–Kier alpha value is -2.09. The van der Waals surface area contributed by atoms with Crippen molar-refractivity contribution in [2.45, 2.75) is 0 Å². The zero-order valence-electron chi connectivity index (χ0n) is 11.0. The van der Waals surface area contributed by atoms with Gasteiger partial charge in [-0.05, 0) is 71.1 Å². The summed E-state index contributed by atoms with van der Waals surface area (Å²) < 4.78 is 6.00. The van der Waals surface area contributed by atoms with Crippen LogP contribution in [0.4, 0.5) is 11.4 Å². The number of hydrogen-bond donors (Lipinski definition) is 2. The molecule has 2 rings (SSSR count). The number of nitrogens with two attached hydrogens (primary N) is 1. The van der Waals surface area contributed by atoms with E-state index in [2.05, 4.69) is 27.9 Å². The van der Waals surface area contributed by atoms with Crippen molar-refractivity contribution in [3.05, 3.63) is 57.7 Å². The van der Waals surface area contributed by atoms with Crippen molar-refractivity contribution in [3.63, 3.8) is 0 Å². The van der Waals surface area contributed by atoms with Crippen molar-refractivity contribution in [2.24, 2.45) is 0 Å². The van der Waals surface area contributed by atoms with Gasteiger partial charge in [0.2, 0.25) is 0 Å². The summed E-state index contributed by atoms with van der Waals surface area (Å²) in [6, 6.07) is 13.6. The van der Waals surface area contributed by atoms with Crippen LogP contribution in [-0.2, 0) is 9.53 Å². The number of esters is 1. The second-order valence-electron chi connectivity index (χ2n) is 4.25. The maximum Gasteiger partial charge on any atom is 0.338 e. The van der Waals surface area contributed by atoms with Gasteiger partial charge in [-0.25, -0.2) is 4.79 Å². The van der Waals surface area contributed by atoms with E-state index in [9.17, 15) is 9.59 Å².